The Bertz CT molecular complexity index is 1050. The number of para-hydroxylation sites is 1. The second-order valence-corrected chi connectivity index (χ2v) is 8.95. The number of rotatable bonds is 4. The van der Waals surface area contributed by atoms with Gasteiger partial charge in [-0.2, -0.15) is 5.10 Å². The van der Waals surface area contributed by atoms with Crippen LogP contribution in [-0.2, 0) is 4.79 Å². The van der Waals surface area contributed by atoms with Crippen LogP contribution in [0.25, 0.3) is 5.69 Å². The summed E-state index contributed by atoms with van der Waals surface area (Å²) in [5, 5.41) is 6.49. The molecule has 0 radical (unpaired) electrons. The third kappa shape index (κ3) is 3.43. The molecule has 7 heteroatoms. The van der Waals surface area contributed by atoms with Crippen molar-refractivity contribution < 1.29 is 9.59 Å². The van der Waals surface area contributed by atoms with Gasteiger partial charge in [-0.25, -0.2) is 4.68 Å². The molecule has 1 aromatic carbocycles. The van der Waals surface area contributed by atoms with E-state index < -0.39 is 0 Å². The average molecular weight is 421 g/mol. The predicted molar refractivity (Wildman–Crippen MR) is 116 cm³/mol. The molecule has 154 valence electrons. The number of aromatic nitrogens is 2. The number of nitrogens with zero attached hydrogens (tertiary/aromatic N) is 4. The summed E-state index contributed by atoms with van der Waals surface area (Å²) in [5.41, 5.74) is 2.40. The van der Waals surface area contributed by atoms with Crippen LogP contribution in [-0.4, -0.2) is 57.6 Å². The van der Waals surface area contributed by atoms with E-state index in [0.717, 1.165) is 17.8 Å². The first-order chi connectivity index (χ1) is 14.6. The van der Waals surface area contributed by atoms with Crippen LogP contribution < -0.4 is 0 Å². The van der Waals surface area contributed by atoms with E-state index in [0.29, 0.717) is 37.7 Å². The largest absolute Gasteiger partial charge is 0.339 e. The summed E-state index contributed by atoms with van der Waals surface area (Å²) in [5.74, 6) is 0.749. The highest BCUT2D eigenvalue weighted by Gasteiger charge is 2.46. The average Bonchev–Trinajstić information content (AvgIpc) is 3.20. The van der Waals surface area contributed by atoms with Crippen molar-refractivity contribution in [1.29, 1.82) is 0 Å². The Morgan fingerprint density at radius 3 is 2.43 bits per heavy atom. The fourth-order valence-electron chi connectivity index (χ4n) is 4.27. The third-order valence-electron chi connectivity index (χ3n) is 6.14. The number of piperazine rings is 1. The molecular weight excluding hydrogens is 396 g/mol. The van der Waals surface area contributed by atoms with E-state index in [4.69, 9.17) is 0 Å². The number of benzene rings is 1. The minimum absolute atomic E-state index is 0.00957. The number of hydrogen-bond donors (Lipinski definition) is 0. The van der Waals surface area contributed by atoms with Gasteiger partial charge in [0.1, 0.15) is 0 Å². The molecule has 2 amide bonds. The molecule has 2 fully saturated rings. The Balaban J connectivity index is 1.21. The maximum Gasteiger partial charge on any atom is 0.257 e. The van der Waals surface area contributed by atoms with Gasteiger partial charge in [-0.05, 0) is 36.9 Å². The van der Waals surface area contributed by atoms with Gasteiger partial charge < -0.3 is 9.80 Å². The fraction of sp³-hybridized carbons (Fsp3) is 0.348. The van der Waals surface area contributed by atoms with Gasteiger partial charge in [-0.15, -0.1) is 11.3 Å². The first kappa shape index (κ1) is 19.1. The van der Waals surface area contributed by atoms with E-state index in [1.165, 1.54) is 4.88 Å². The van der Waals surface area contributed by atoms with Crippen LogP contribution >= 0.6 is 11.3 Å². The monoisotopic (exact) mass is 420 g/mol. The summed E-state index contributed by atoms with van der Waals surface area (Å²) in [6.07, 6.45) is 2.61. The molecule has 0 spiro atoms. The lowest BCUT2D eigenvalue weighted by atomic mass is 10.2. The quantitative estimate of drug-likeness (QED) is 0.651. The van der Waals surface area contributed by atoms with Crippen LogP contribution in [0.4, 0.5) is 0 Å². The molecule has 5 rings (SSSR count). The molecule has 30 heavy (non-hydrogen) atoms. The smallest absolute Gasteiger partial charge is 0.257 e. The van der Waals surface area contributed by atoms with Gasteiger partial charge in [0.25, 0.3) is 5.91 Å². The summed E-state index contributed by atoms with van der Waals surface area (Å²) in [6, 6.07) is 14.0. The zero-order valence-electron chi connectivity index (χ0n) is 16.9. The minimum Gasteiger partial charge on any atom is -0.339 e. The van der Waals surface area contributed by atoms with E-state index in [1.54, 1.807) is 22.2 Å². The SMILES string of the molecule is Cc1c(C(=O)N2CCN(C(=O)[C@@H]3C[C@@H]3c3cccs3)CC2)cnn1-c1ccccc1. The Morgan fingerprint density at radius 2 is 1.73 bits per heavy atom. The van der Waals surface area contributed by atoms with Gasteiger partial charge >= 0.3 is 0 Å². The minimum atomic E-state index is -0.00957. The Morgan fingerprint density at radius 1 is 1.00 bits per heavy atom. The van der Waals surface area contributed by atoms with Crippen molar-refractivity contribution >= 4 is 23.2 Å². The Labute approximate surface area is 179 Å². The summed E-state index contributed by atoms with van der Waals surface area (Å²) < 4.78 is 1.80. The summed E-state index contributed by atoms with van der Waals surface area (Å²) in [7, 11) is 0. The van der Waals surface area contributed by atoms with Gasteiger partial charge in [0, 0.05) is 42.9 Å². The van der Waals surface area contributed by atoms with Gasteiger partial charge in [-0.1, -0.05) is 24.3 Å². The van der Waals surface area contributed by atoms with E-state index in [2.05, 4.69) is 16.5 Å². The first-order valence-corrected chi connectivity index (χ1v) is 11.2. The number of carbonyl (C=O) groups excluding carboxylic acids is 2. The maximum atomic E-state index is 13.1. The molecule has 1 aliphatic heterocycles. The van der Waals surface area contributed by atoms with Crippen LogP contribution in [0.1, 0.15) is 33.3 Å². The van der Waals surface area contributed by atoms with Gasteiger partial charge in [0.05, 0.1) is 23.1 Å². The topological polar surface area (TPSA) is 58.4 Å². The molecule has 0 bridgehead atoms. The van der Waals surface area contributed by atoms with Crippen LogP contribution in [0.15, 0.2) is 54.0 Å². The molecule has 2 atom stereocenters. The highest BCUT2D eigenvalue weighted by molar-refractivity contribution is 7.10. The maximum absolute atomic E-state index is 13.1. The number of thiophene rings is 1. The van der Waals surface area contributed by atoms with Crippen LogP contribution in [0.3, 0.4) is 0 Å². The van der Waals surface area contributed by atoms with Gasteiger partial charge in [0.2, 0.25) is 5.91 Å². The zero-order chi connectivity index (χ0) is 20.7. The van der Waals surface area contributed by atoms with Crippen molar-refractivity contribution in [1.82, 2.24) is 19.6 Å². The Hall–Kier alpha value is -2.93. The van der Waals surface area contributed by atoms with Gasteiger partial charge in [0.15, 0.2) is 0 Å². The number of carbonyl (C=O) groups is 2. The van der Waals surface area contributed by atoms with Crippen molar-refractivity contribution in [3.63, 3.8) is 0 Å². The van der Waals surface area contributed by atoms with Crippen molar-refractivity contribution in [3.8, 4) is 5.69 Å². The summed E-state index contributed by atoms with van der Waals surface area (Å²) in [6.45, 7) is 4.26. The highest BCUT2D eigenvalue weighted by atomic mass is 32.1. The second kappa shape index (κ2) is 7.72. The van der Waals surface area contributed by atoms with Crippen molar-refractivity contribution in [2.45, 2.75) is 19.3 Å². The lowest BCUT2D eigenvalue weighted by Gasteiger charge is -2.35. The van der Waals surface area contributed by atoms with Crippen molar-refractivity contribution in [3.05, 3.63) is 70.2 Å². The molecule has 6 nitrogen and oxygen atoms in total. The molecule has 0 unspecified atom stereocenters. The van der Waals surface area contributed by atoms with Crippen LogP contribution in [0.5, 0.6) is 0 Å². The zero-order valence-corrected chi connectivity index (χ0v) is 17.7. The third-order valence-corrected chi connectivity index (χ3v) is 7.14. The molecule has 3 aromatic rings. The van der Waals surface area contributed by atoms with E-state index in [1.807, 2.05) is 53.1 Å². The number of amides is 2. The lowest BCUT2D eigenvalue weighted by Crippen LogP contribution is -2.51. The highest BCUT2D eigenvalue weighted by Crippen LogP contribution is 2.50. The lowest BCUT2D eigenvalue weighted by molar-refractivity contribution is -0.134. The van der Waals surface area contributed by atoms with Crippen molar-refractivity contribution in [2.75, 3.05) is 26.2 Å². The van der Waals surface area contributed by atoms with Gasteiger partial charge in [-0.3, -0.25) is 9.59 Å². The molecular formula is C23H24N4O2S. The second-order valence-electron chi connectivity index (χ2n) is 7.97. The van der Waals surface area contributed by atoms with E-state index >= 15 is 0 Å². The Kier molecular flexibility index (Phi) is 4.90. The number of hydrogen-bond acceptors (Lipinski definition) is 4. The first-order valence-electron chi connectivity index (χ1n) is 10.3. The predicted octanol–water partition coefficient (Wildman–Crippen LogP) is 3.33. The standard InChI is InChI=1S/C23H24N4O2S/c1-16-20(15-24-27(16)17-6-3-2-4-7-17)23(29)26-11-9-25(10-12-26)22(28)19-14-18(19)21-8-5-13-30-21/h2-8,13,15,18-19H,9-12,14H2,1H3/t18-,19+/m0/s1. The van der Waals surface area contributed by atoms with E-state index in [-0.39, 0.29) is 17.7 Å². The van der Waals surface area contributed by atoms with Crippen LogP contribution in [0, 0.1) is 12.8 Å². The summed E-state index contributed by atoms with van der Waals surface area (Å²) >= 11 is 1.73. The molecule has 1 aliphatic carbocycles. The normalized spacial score (nSPS) is 21.0. The molecule has 2 aliphatic rings. The molecule has 2 aromatic heterocycles. The molecule has 1 saturated carbocycles. The fourth-order valence-corrected chi connectivity index (χ4v) is 5.18. The molecule has 1 saturated heterocycles. The van der Waals surface area contributed by atoms with E-state index in [9.17, 15) is 9.59 Å². The van der Waals surface area contributed by atoms with Crippen LogP contribution in [0.2, 0.25) is 0 Å². The van der Waals surface area contributed by atoms with Crippen molar-refractivity contribution in [2.24, 2.45) is 5.92 Å². The summed E-state index contributed by atoms with van der Waals surface area (Å²) in [4.78, 5) is 31.0. The molecule has 0 N–H and O–H groups in total. The molecule has 3 heterocycles.